The van der Waals surface area contributed by atoms with Crippen LogP contribution in [0.15, 0.2) is 24.3 Å². The quantitative estimate of drug-likeness (QED) is 0.917. The first-order chi connectivity index (χ1) is 9.60. The predicted molar refractivity (Wildman–Crippen MR) is 79.8 cm³/mol. The van der Waals surface area contributed by atoms with Gasteiger partial charge in [-0.3, -0.25) is 4.79 Å². The highest BCUT2D eigenvalue weighted by molar-refractivity contribution is 5.79. The fourth-order valence-corrected chi connectivity index (χ4v) is 2.58. The molecule has 1 aliphatic heterocycles. The second-order valence-corrected chi connectivity index (χ2v) is 5.58. The van der Waals surface area contributed by atoms with Crippen LogP contribution in [-0.4, -0.2) is 38.1 Å². The molecule has 0 spiro atoms. The molecule has 0 saturated carbocycles. The van der Waals surface area contributed by atoms with Crippen molar-refractivity contribution in [3.63, 3.8) is 0 Å². The summed E-state index contributed by atoms with van der Waals surface area (Å²) in [6, 6.07) is 7.88. The number of nitrogens with zero attached hydrogens (tertiary/aromatic N) is 1. The summed E-state index contributed by atoms with van der Waals surface area (Å²) in [5.74, 6) is 1.18. The molecule has 1 fully saturated rings. The molecule has 1 saturated heterocycles. The van der Waals surface area contributed by atoms with Crippen molar-refractivity contribution in [1.29, 1.82) is 0 Å². The van der Waals surface area contributed by atoms with E-state index in [1.165, 1.54) is 0 Å². The number of rotatable bonds is 4. The maximum Gasteiger partial charge on any atom is 0.223 e. The van der Waals surface area contributed by atoms with E-state index in [1.54, 1.807) is 7.11 Å². The Morgan fingerprint density at radius 1 is 1.30 bits per heavy atom. The number of ether oxygens (including phenoxy) is 1. The minimum Gasteiger partial charge on any atom is -0.497 e. The zero-order chi connectivity index (χ0) is 14.5. The number of carbonyl (C=O) groups is 1. The summed E-state index contributed by atoms with van der Waals surface area (Å²) in [6.07, 6.45) is 1.91. The molecule has 1 heterocycles. The number of amides is 1. The van der Waals surface area contributed by atoms with Gasteiger partial charge in [-0.25, -0.2) is 0 Å². The molecular weight excluding hydrogens is 252 g/mol. The van der Waals surface area contributed by atoms with Crippen LogP contribution in [0.1, 0.15) is 31.4 Å². The highest BCUT2D eigenvalue weighted by Crippen LogP contribution is 2.20. The van der Waals surface area contributed by atoms with Crippen molar-refractivity contribution < 1.29 is 9.53 Å². The van der Waals surface area contributed by atoms with Gasteiger partial charge < -0.3 is 15.0 Å². The maximum absolute atomic E-state index is 12.3. The number of nitrogens with one attached hydrogen (secondary N) is 1. The topological polar surface area (TPSA) is 41.6 Å². The Morgan fingerprint density at radius 3 is 2.45 bits per heavy atom. The molecule has 1 N–H and O–H groups in total. The van der Waals surface area contributed by atoms with Crippen molar-refractivity contribution in [2.24, 2.45) is 5.92 Å². The van der Waals surface area contributed by atoms with Crippen LogP contribution in [0.2, 0.25) is 0 Å². The van der Waals surface area contributed by atoms with Crippen molar-refractivity contribution >= 4 is 5.91 Å². The van der Waals surface area contributed by atoms with Crippen molar-refractivity contribution in [1.82, 2.24) is 10.2 Å². The molecule has 0 aromatic heterocycles. The highest BCUT2D eigenvalue weighted by atomic mass is 16.5. The van der Waals surface area contributed by atoms with E-state index in [9.17, 15) is 4.79 Å². The van der Waals surface area contributed by atoms with Crippen molar-refractivity contribution in [3.8, 4) is 5.75 Å². The molecule has 0 radical (unpaired) electrons. The number of piperidine rings is 1. The third kappa shape index (κ3) is 3.73. The van der Waals surface area contributed by atoms with Crippen molar-refractivity contribution in [2.45, 2.75) is 25.8 Å². The fourth-order valence-electron chi connectivity index (χ4n) is 2.58. The van der Waals surface area contributed by atoms with Gasteiger partial charge in [0.1, 0.15) is 5.75 Å². The third-order valence-corrected chi connectivity index (χ3v) is 4.06. The van der Waals surface area contributed by atoms with Crippen LogP contribution in [0.3, 0.4) is 0 Å². The van der Waals surface area contributed by atoms with E-state index in [0.717, 1.165) is 37.2 Å². The van der Waals surface area contributed by atoms with E-state index in [2.05, 4.69) is 17.3 Å². The van der Waals surface area contributed by atoms with Gasteiger partial charge in [0.15, 0.2) is 0 Å². The number of methoxy groups -OCH3 is 1. The van der Waals surface area contributed by atoms with Crippen LogP contribution in [0, 0.1) is 5.92 Å². The third-order valence-electron chi connectivity index (χ3n) is 4.06. The molecule has 4 heteroatoms. The summed E-state index contributed by atoms with van der Waals surface area (Å²) < 4.78 is 5.14. The minimum atomic E-state index is 0.0352. The summed E-state index contributed by atoms with van der Waals surface area (Å²) in [5.41, 5.74) is 1.10. The fraction of sp³-hybridized carbons (Fsp3) is 0.562. The standard InChI is InChI=1S/C16H24N2O2/c1-12(13-4-6-15(20-3)7-5-13)17-16(19)14-8-10-18(2)11-9-14/h4-7,12,14H,8-11H2,1-3H3,(H,17,19)/t12-/m1/s1. The molecule has 110 valence electrons. The first kappa shape index (κ1) is 14.9. The summed E-state index contributed by atoms with van der Waals surface area (Å²) in [4.78, 5) is 14.5. The van der Waals surface area contributed by atoms with Crippen LogP contribution in [0.5, 0.6) is 5.75 Å². The molecule has 4 nitrogen and oxygen atoms in total. The molecule has 1 aliphatic rings. The lowest BCUT2D eigenvalue weighted by atomic mass is 9.95. The Kier molecular flexibility index (Phi) is 5.01. The van der Waals surface area contributed by atoms with Crippen LogP contribution in [-0.2, 0) is 4.79 Å². The second kappa shape index (κ2) is 6.75. The van der Waals surface area contributed by atoms with Crippen molar-refractivity contribution in [2.75, 3.05) is 27.2 Å². The maximum atomic E-state index is 12.3. The van der Waals surface area contributed by atoms with Crippen LogP contribution in [0.4, 0.5) is 0 Å². The Balaban J connectivity index is 1.89. The van der Waals surface area contributed by atoms with Gasteiger partial charge in [-0.1, -0.05) is 12.1 Å². The summed E-state index contributed by atoms with van der Waals surface area (Å²) in [6.45, 7) is 4.04. The molecule has 0 bridgehead atoms. The van der Waals surface area contributed by atoms with Gasteiger partial charge in [0.25, 0.3) is 0 Å². The zero-order valence-corrected chi connectivity index (χ0v) is 12.6. The smallest absolute Gasteiger partial charge is 0.223 e. The lowest BCUT2D eigenvalue weighted by molar-refractivity contribution is -0.127. The Hall–Kier alpha value is -1.55. The van der Waals surface area contributed by atoms with E-state index >= 15 is 0 Å². The number of hydrogen-bond donors (Lipinski definition) is 1. The van der Waals surface area contributed by atoms with Gasteiger partial charge in [0.05, 0.1) is 13.2 Å². The Bertz CT molecular complexity index is 436. The molecule has 1 atom stereocenters. The number of likely N-dealkylation sites (tertiary alicyclic amines) is 1. The van der Waals surface area contributed by atoms with Gasteiger partial charge in [-0.05, 0) is 57.6 Å². The van der Waals surface area contributed by atoms with Gasteiger partial charge >= 0.3 is 0 Å². The largest absolute Gasteiger partial charge is 0.497 e. The summed E-state index contributed by atoms with van der Waals surface area (Å²) in [7, 11) is 3.76. The van der Waals surface area contributed by atoms with E-state index in [-0.39, 0.29) is 17.9 Å². The summed E-state index contributed by atoms with van der Waals surface area (Å²) in [5, 5.41) is 3.12. The zero-order valence-electron chi connectivity index (χ0n) is 12.6. The molecule has 20 heavy (non-hydrogen) atoms. The van der Waals surface area contributed by atoms with Gasteiger partial charge in [0, 0.05) is 5.92 Å². The number of hydrogen-bond acceptors (Lipinski definition) is 3. The van der Waals surface area contributed by atoms with E-state index in [0.29, 0.717) is 0 Å². The van der Waals surface area contributed by atoms with Gasteiger partial charge in [0.2, 0.25) is 5.91 Å². The van der Waals surface area contributed by atoms with Crippen LogP contribution in [0.25, 0.3) is 0 Å². The first-order valence-electron chi connectivity index (χ1n) is 7.23. The molecule has 1 amide bonds. The average Bonchev–Trinajstić information content (AvgIpc) is 2.48. The van der Waals surface area contributed by atoms with Gasteiger partial charge in [-0.2, -0.15) is 0 Å². The molecule has 1 aromatic rings. The lowest BCUT2D eigenvalue weighted by Crippen LogP contribution is -2.39. The number of carbonyl (C=O) groups excluding carboxylic acids is 1. The highest BCUT2D eigenvalue weighted by Gasteiger charge is 2.24. The Labute approximate surface area is 121 Å². The first-order valence-corrected chi connectivity index (χ1v) is 7.23. The lowest BCUT2D eigenvalue weighted by Gasteiger charge is -2.29. The molecule has 0 aliphatic carbocycles. The molecule has 2 rings (SSSR count). The van der Waals surface area contributed by atoms with Crippen LogP contribution < -0.4 is 10.1 Å². The van der Waals surface area contributed by atoms with E-state index < -0.39 is 0 Å². The molecule has 1 aromatic carbocycles. The predicted octanol–water partition coefficient (Wildman–Crippen LogP) is 2.21. The molecular formula is C16H24N2O2. The molecule has 0 unspecified atom stereocenters. The van der Waals surface area contributed by atoms with E-state index in [1.807, 2.05) is 31.2 Å². The van der Waals surface area contributed by atoms with Crippen LogP contribution >= 0.6 is 0 Å². The second-order valence-electron chi connectivity index (χ2n) is 5.58. The Morgan fingerprint density at radius 2 is 1.90 bits per heavy atom. The van der Waals surface area contributed by atoms with Gasteiger partial charge in [-0.15, -0.1) is 0 Å². The minimum absolute atomic E-state index is 0.0352. The number of benzene rings is 1. The normalized spacial score (nSPS) is 18.6. The average molecular weight is 276 g/mol. The SMILES string of the molecule is COc1ccc([C@@H](C)NC(=O)C2CCN(C)CC2)cc1. The monoisotopic (exact) mass is 276 g/mol. The van der Waals surface area contributed by atoms with E-state index in [4.69, 9.17) is 4.74 Å². The summed E-state index contributed by atoms with van der Waals surface area (Å²) >= 11 is 0. The van der Waals surface area contributed by atoms with Crippen molar-refractivity contribution in [3.05, 3.63) is 29.8 Å².